The largest absolute Gasteiger partial charge is 0.374 e. The van der Waals surface area contributed by atoms with Crippen molar-refractivity contribution >= 4 is 23.4 Å². The van der Waals surface area contributed by atoms with E-state index in [0.29, 0.717) is 0 Å². The van der Waals surface area contributed by atoms with Gasteiger partial charge in [-0.1, -0.05) is 25.1 Å². The van der Waals surface area contributed by atoms with Crippen molar-refractivity contribution in [3.05, 3.63) is 30.3 Å². The van der Waals surface area contributed by atoms with Crippen LogP contribution >= 0.6 is 11.8 Å². The summed E-state index contributed by atoms with van der Waals surface area (Å²) < 4.78 is 0. The first-order chi connectivity index (χ1) is 7.74. The van der Waals surface area contributed by atoms with Gasteiger partial charge in [0.2, 0.25) is 5.91 Å². The molecule has 0 aliphatic carbocycles. The van der Waals surface area contributed by atoms with E-state index in [1.807, 2.05) is 42.1 Å². The molecule has 0 aliphatic rings. The average molecular weight is 238 g/mol. The van der Waals surface area contributed by atoms with E-state index in [1.54, 1.807) is 0 Å². The number of primary amides is 1. The van der Waals surface area contributed by atoms with Crippen LogP contribution in [0.25, 0.3) is 0 Å². The number of hydrogen-bond donors (Lipinski definition) is 2. The second-order valence-electron chi connectivity index (χ2n) is 3.45. The zero-order valence-electron chi connectivity index (χ0n) is 9.48. The van der Waals surface area contributed by atoms with Crippen molar-refractivity contribution in [2.75, 3.05) is 16.8 Å². The number of carbonyl (C=O) groups is 1. The van der Waals surface area contributed by atoms with Gasteiger partial charge >= 0.3 is 0 Å². The highest BCUT2D eigenvalue weighted by atomic mass is 32.2. The molecule has 4 heteroatoms. The van der Waals surface area contributed by atoms with E-state index >= 15 is 0 Å². The molecule has 0 aromatic heterocycles. The molecule has 0 saturated carbocycles. The Morgan fingerprint density at radius 3 is 2.69 bits per heavy atom. The normalized spacial score (nSPS) is 12.1. The lowest BCUT2D eigenvalue weighted by Gasteiger charge is -2.16. The first-order valence-electron chi connectivity index (χ1n) is 5.42. The second kappa shape index (κ2) is 7.17. The van der Waals surface area contributed by atoms with Gasteiger partial charge < -0.3 is 11.1 Å². The summed E-state index contributed by atoms with van der Waals surface area (Å²) in [5.41, 5.74) is 6.29. The smallest absolute Gasteiger partial charge is 0.239 e. The summed E-state index contributed by atoms with van der Waals surface area (Å²) in [7, 11) is 0. The lowest BCUT2D eigenvalue weighted by atomic mass is 10.2. The minimum atomic E-state index is -0.291. The Bertz CT molecular complexity index is 316. The van der Waals surface area contributed by atoms with E-state index in [9.17, 15) is 4.79 Å². The fourth-order valence-electron chi connectivity index (χ4n) is 1.37. The van der Waals surface area contributed by atoms with Gasteiger partial charge in [-0.05, 0) is 30.1 Å². The molecule has 0 spiro atoms. The molecule has 1 aromatic carbocycles. The van der Waals surface area contributed by atoms with E-state index in [2.05, 4.69) is 12.2 Å². The van der Waals surface area contributed by atoms with Crippen LogP contribution in [0.1, 0.15) is 13.3 Å². The summed E-state index contributed by atoms with van der Waals surface area (Å²) in [6, 6.07) is 9.40. The van der Waals surface area contributed by atoms with Gasteiger partial charge in [0.25, 0.3) is 0 Å². The van der Waals surface area contributed by atoms with Gasteiger partial charge in [0.05, 0.1) is 0 Å². The van der Waals surface area contributed by atoms with Gasteiger partial charge in [0.1, 0.15) is 6.04 Å². The summed E-state index contributed by atoms with van der Waals surface area (Å²) in [6.45, 7) is 2.11. The molecule has 3 N–H and O–H groups in total. The number of para-hydroxylation sites is 1. The minimum absolute atomic E-state index is 0.276. The predicted octanol–water partition coefficient (Wildman–Crippen LogP) is 2.10. The number of rotatable bonds is 7. The Labute approximate surface area is 101 Å². The van der Waals surface area contributed by atoms with Crippen LogP contribution in [0, 0.1) is 0 Å². The lowest BCUT2D eigenvalue weighted by molar-refractivity contribution is -0.118. The van der Waals surface area contributed by atoms with E-state index in [-0.39, 0.29) is 11.9 Å². The Morgan fingerprint density at radius 2 is 2.12 bits per heavy atom. The van der Waals surface area contributed by atoms with Gasteiger partial charge in [-0.25, -0.2) is 0 Å². The van der Waals surface area contributed by atoms with Crippen molar-refractivity contribution in [2.24, 2.45) is 5.73 Å². The second-order valence-corrected chi connectivity index (χ2v) is 4.84. The standard InChI is InChI=1S/C12H18N2OS/c1-2-16-9-8-11(12(13)15)14-10-6-4-3-5-7-10/h3-7,11,14H,2,8-9H2,1H3,(H2,13,15). The molecule has 1 rings (SSSR count). The quantitative estimate of drug-likeness (QED) is 0.715. The van der Waals surface area contributed by atoms with Crippen LogP contribution in [-0.4, -0.2) is 23.5 Å². The van der Waals surface area contributed by atoms with Crippen molar-refractivity contribution in [3.8, 4) is 0 Å². The highest BCUT2D eigenvalue weighted by Gasteiger charge is 2.14. The number of anilines is 1. The fourth-order valence-corrected chi connectivity index (χ4v) is 2.06. The molecule has 0 fully saturated rings. The number of nitrogens with two attached hydrogens (primary N) is 1. The van der Waals surface area contributed by atoms with Crippen molar-refractivity contribution in [1.82, 2.24) is 0 Å². The maximum atomic E-state index is 11.2. The van der Waals surface area contributed by atoms with E-state index in [1.165, 1.54) is 0 Å². The number of benzene rings is 1. The molecule has 1 aromatic rings. The van der Waals surface area contributed by atoms with Crippen LogP contribution in [-0.2, 0) is 4.79 Å². The first-order valence-corrected chi connectivity index (χ1v) is 6.58. The molecule has 0 aliphatic heterocycles. The summed E-state index contributed by atoms with van der Waals surface area (Å²) in [6.07, 6.45) is 0.767. The number of nitrogens with one attached hydrogen (secondary N) is 1. The van der Waals surface area contributed by atoms with E-state index < -0.39 is 0 Å². The lowest BCUT2D eigenvalue weighted by Crippen LogP contribution is -2.35. The molecule has 16 heavy (non-hydrogen) atoms. The molecule has 0 heterocycles. The van der Waals surface area contributed by atoms with Crippen molar-refractivity contribution in [2.45, 2.75) is 19.4 Å². The summed E-state index contributed by atoms with van der Waals surface area (Å²) in [4.78, 5) is 11.2. The maximum absolute atomic E-state index is 11.2. The van der Waals surface area contributed by atoms with Crippen LogP contribution < -0.4 is 11.1 Å². The van der Waals surface area contributed by atoms with Gasteiger partial charge in [-0.2, -0.15) is 11.8 Å². The van der Waals surface area contributed by atoms with E-state index in [0.717, 1.165) is 23.6 Å². The molecule has 3 nitrogen and oxygen atoms in total. The fraction of sp³-hybridized carbons (Fsp3) is 0.417. The number of amides is 1. The predicted molar refractivity (Wildman–Crippen MR) is 70.7 cm³/mol. The van der Waals surface area contributed by atoms with Crippen molar-refractivity contribution in [3.63, 3.8) is 0 Å². The molecule has 0 saturated heterocycles. The Morgan fingerprint density at radius 1 is 1.44 bits per heavy atom. The van der Waals surface area contributed by atoms with Crippen molar-refractivity contribution in [1.29, 1.82) is 0 Å². The van der Waals surface area contributed by atoms with Crippen LogP contribution in [0.5, 0.6) is 0 Å². The highest BCUT2D eigenvalue weighted by Crippen LogP contribution is 2.11. The molecular formula is C12H18N2OS. The third-order valence-corrected chi connectivity index (χ3v) is 3.15. The SMILES string of the molecule is CCSCCC(Nc1ccccc1)C(N)=O. The molecule has 1 atom stereocenters. The summed E-state index contributed by atoms with van der Waals surface area (Å²) in [5.74, 6) is 1.72. The maximum Gasteiger partial charge on any atom is 0.239 e. The average Bonchev–Trinajstić information content (AvgIpc) is 2.29. The first kappa shape index (κ1) is 12.9. The molecule has 0 bridgehead atoms. The Kier molecular flexibility index (Phi) is 5.78. The monoisotopic (exact) mass is 238 g/mol. The Hall–Kier alpha value is -1.16. The summed E-state index contributed by atoms with van der Waals surface area (Å²) >= 11 is 1.82. The van der Waals surface area contributed by atoms with Gasteiger partial charge in [-0.3, -0.25) is 4.79 Å². The van der Waals surface area contributed by atoms with Crippen molar-refractivity contribution < 1.29 is 4.79 Å². The highest BCUT2D eigenvalue weighted by molar-refractivity contribution is 7.99. The van der Waals surface area contributed by atoms with Gasteiger partial charge in [-0.15, -0.1) is 0 Å². The molecule has 1 unspecified atom stereocenters. The van der Waals surface area contributed by atoms with Crippen LogP contribution in [0.3, 0.4) is 0 Å². The zero-order valence-corrected chi connectivity index (χ0v) is 10.3. The molecule has 1 amide bonds. The number of hydrogen-bond acceptors (Lipinski definition) is 3. The minimum Gasteiger partial charge on any atom is -0.374 e. The van der Waals surface area contributed by atoms with Crippen LogP contribution in [0.4, 0.5) is 5.69 Å². The summed E-state index contributed by atoms with van der Waals surface area (Å²) in [5, 5.41) is 3.15. The number of carbonyl (C=O) groups excluding carboxylic acids is 1. The zero-order chi connectivity index (χ0) is 11.8. The van der Waals surface area contributed by atoms with Crippen LogP contribution in [0.15, 0.2) is 30.3 Å². The van der Waals surface area contributed by atoms with Gasteiger partial charge in [0.15, 0.2) is 0 Å². The molecule has 0 radical (unpaired) electrons. The van der Waals surface area contributed by atoms with Gasteiger partial charge in [0, 0.05) is 5.69 Å². The Balaban J connectivity index is 2.48. The van der Waals surface area contributed by atoms with Crippen LogP contribution in [0.2, 0.25) is 0 Å². The topological polar surface area (TPSA) is 55.1 Å². The third-order valence-electron chi connectivity index (χ3n) is 2.21. The molecule has 88 valence electrons. The van der Waals surface area contributed by atoms with E-state index in [4.69, 9.17) is 5.73 Å². The number of thioether (sulfide) groups is 1. The third kappa shape index (κ3) is 4.57. The molecular weight excluding hydrogens is 220 g/mol.